The maximum atomic E-state index is 13.4. The van der Waals surface area contributed by atoms with Gasteiger partial charge in [-0.3, -0.25) is 4.79 Å². The Morgan fingerprint density at radius 2 is 1.74 bits per heavy atom. The van der Waals surface area contributed by atoms with E-state index < -0.39 is 17.5 Å². The van der Waals surface area contributed by atoms with Gasteiger partial charge in [0.05, 0.1) is 11.4 Å². The van der Waals surface area contributed by atoms with E-state index in [0.29, 0.717) is 16.7 Å². The lowest BCUT2D eigenvalue weighted by molar-refractivity contribution is 0.102. The largest absolute Gasteiger partial charge is 0.396 e. The summed E-state index contributed by atoms with van der Waals surface area (Å²) in [6.45, 7) is 0. The molecule has 0 radical (unpaired) electrons. The summed E-state index contributed by atoms with van der Waals surface area (Å²) in [6.07, 6.45) is 0. The Balaban J connectivity index is 2.24. The highest BCUT2D eigenvalue weighted by molar-refractivity contribution is 6.30. The van der Waals surface area contributed by atoms with Crippen LogP contribution in [0.1, 0.15) is 10.4 Å². The Kier molecular flexibility index (Phi) is 3.66. The van der Waals surface area contributed by atoms with Gasteiger partial charge in [-0.15, -0.1) is 0 Å². The first kappa shape index (κ1) is 13.3. The van der Waals surface area contributed by atoms with E-state index in [0.717, 1.165) is 6.07 Å². The van der Waals surface area contributed by atoms with Crippen LogP contribution in [-0.4, -0.2) is 5.91 Å². The van der Waals surface area contributed by atoms with Crippen molar-refractivity contribution in [3.8, 4) is 0 Å². The molecule has 3 N–H and O–H groups in total. The molecule has 2 aromatic carbocycles. The number of rotatable bonds is 2. The number of nitrogen functional groups attached to an aromatic ring is 1. The maximum Gasteiger partial charge on any atom is 0.255 e. The average Bonchev–Trinajstić information content (AvgIpc) is 2.36. The number of amides is 1. The maximum absolute atomic E-state index is 13.4. The summed E-state index contributed by atoms with van der Waals surface area (Å²) in [4.78, 5) is 11.8. The van der Waals surface area contributed by atoms with E-state index in [1.54, 1.807) is 0 Å². The summed E-state index contributed by atoms with van der Waals surface area (Å²) in [5.74, 6) is -2.31. The van der Waals surface area contributed by atoms with Gasteiger partial charge in [0, 0.05) is 16.7 Å². The number of benzene rings is 2. The van der Waals surface area contributed by atoms with Crippen LogP contribution in [0.2, 0.25) is 5.02 Å². The van der Waals surface area contributed by atoms with Gasteiger partial charge in [0.2, 0.25) is 0 Å². The summed E-state index contributed by atoms with van der Waals surface area (Å²) < 4.78 is 26.4. The first-order valence-corrected chi connectivity index (χ1v) is 5.66. The average molecular weight is 283 g/mol. The van der Waals surface area contributed by atoms with Gasteiger partial charge in [0.1, 0.15) is 11.6 Å². The number of nitrogens with two attached hydrogens (primary N) is 1. The van der Waals surface area contributed by atoms with E-state index in [-0.39, 0.29) is 11.4 Å². The zero-order valence-corrected chi connectivity index (χ0v) is 10.3. The lowest BCUT2D eigenvalue weighted by Crippen LogP contribution is -2.13. The molecule has 0 saturated heterocycles. The second-order valence-corrected chi connectivity index (χ2v) is 4.25. The molecule has 0 bridgehead atoms. The van der Waals surface area contributed by atoms with E-state index in [2.05, 4.69) is 5.32 Å². The van der Waals surface area contributed by atoms with Gasteiger partial charge in [0.15, 0.2) is 0 Å². The summed E-state index contributed by atoms with van der Waals surface area (Å²) in [7, 11) is 0. The lowest BCUT2D eigenvalue weighted by Gasteiger charge is -2.08. The molecule has 0 saturated carbocycles. The van der Waals surface area contributed by atoms with Gasteiger partial charge in [0.25, 0.3) is 5.91 Å². The topological polar surface area (TPSA) is 55.1 Å². The normalized spacial score (nSPS) is 10.3. The van der Waals surface area contributed by atoms with E-state index in [9.17, 15) is 13.6 Å². The Hall–Kier alpha value is -2.14. The monoisotopic (exact) mass is 282 g/mol. The molecule has 0 atom stereocenters. The van der Waals surface area contributed by atoms with Crippen molar-refractivity contribution in [2.45, 2.75) is 0 Å². The Bertz CT molecular complexity index is 629. The molecule has 0 fully saturated rings. The van der Waals surface area contributed by atoms with Crippen molar-refractivity contribution in [1.82, 2.24) is 0 Å². The van der Waals surface area contributed by atoms with Crippen molar-refractivity contribution < 1.29 is 13.6 Å². The minimum absolute atomic E-state index is 0.182. The summed E-state index contributed by atoms with van der Waals surface area (Å²) in [5, 5.41) is 2.79. The third-order valence-corrected chi connectivity index (χ3v) is 2.69. The fraction of sp³-hybridized carbons (Fsp3) is 0. The fourth-order valence-corrected chi connectivity index (χ4v) is 1.58. The number of anilines is 2. The molecule has 6 heteroatoms. The summed E-state index contributed by atoms with van der Waals surface area (Å²) in [5.41, 5.74) is 5.19. The standard InChI is InChI=1S/C13H9ClF2N2O/c14-8-3-1-7(2-4-8)13(19)18-12-6-11(17)9(15)5-10(12)16/h1-6H,17H2,(H,18,19). The zero-order valence-electron chi connectivity index (χ0n) is 9.58. The van der Waals surface area contributed by atoms with Crippen LogP contribution in [0.5, 0.6) is 0 Å². The summed E-state index contributed by atoms with van der Waals surface area (Å²) >= 11 is 5.69. The van der Waals surface area contributed by atoms with Gasteiger partial charge in [-0.05, 0) is 30.3 Å². The molecule has 0 aromatic heterocycles. The number of carbonyl (C=O) groups is 1. The molecule has 19 heavy (non-hydrogen) atoms. The Morgan fingerprint density at radius 3 is 2.37 bits per heavy atom. The molecule has 1 amide bonds. The van der Waals surface area contributed by atoms with Crippen LogP contribution >= 0.6 is 11.6 Å². The Morgan fingerprint density at radius 1 is 1.11 bits per heavy atom. The first-order chi connectivity index (χ1) is 8.97. The van der Waals surface area contributed by atoms with E-state index in [1.807, 2.05) is 0 Å². The van der Waals surface area contributed by atoms with Gasteiger partial charge >= 0.3 is 0 Å². The molecular formula is C13H9ClF2N2O. The smallest absolute Gasteiger partial charge is 0.255 e. The molecule has 0 aliphatic rings. The van der Waals surface area contributed by atoms with Crippen LogP contribution in [0, 0.1) is 11.6 Å². The minimum atomic E-state index is -0.894. The van der Waals surface area contributed by atoms with E-state index in [4.69, 9.17) is 17.3 Å². The number of nitrogens with one attached hydrogen (secondary N) is 1. The predicted molar refractivity (Wildman–Crippen MR) is 70.2 cm³/mol. The number of hydrogen-bond acceptors (Lipinski definition) is 2. The van der Waals surface area contributed by atoms with Crippen LogP contribution in [-0.2, 0) is 0 Å². The van der Waals surface area contributed by atoms with Crippen LogP contribution < -0.4 is 11.1 Å². The molecule has 3 nitrogen and oxygen atoms in total. The van der Waals surface area contributed by atoms with Gasteiger partial charge in [-0.2, -0.15) is 0 Å². The fourth-order valence-electron chi connectivity index (χ4n) is 1.46. The van der Waals surface area contributed by atoms with Crippen molar-refractivity contribution in [1.29, 1.82) is 0 Å². The van der Waals surface area contributed by atoms with Crippen LogP contribution in [0.3, 0.4) is 0 Å². The van der Waals surface area contributed by atoms with Crippen molar-refractivity contribution in [2.75, 3.05) is 11.1 Å². The minimum Gasteiger partial charge on any atom is -0.396 e. The highest BCUT2D eigenvalue weighted by Gasteiger charge is 2.12. The molecule has 0 aliphatic heterocycles. The number of hydrogen-bond donors (Lipinski definition) is 2. The molecule has 0 unspecified atom stereocenters. The SMILES string of the molecule is Nc1cc(NC(=O)c2ccc(Cl)cc2)c(F)cc1F. The van der Waals surface area contributed by atoms with Gasteiger partial charge < -0.3 is 11.1 Å². The van der Waals surface area contributed by atoms with Crippen molar-refractivity contribution in [2.24, 2.45) is 0 Å². The molecule has 2 aromatic rings. The summed E-state index contributed by atoms with van der Waals surface area (Å²) in [6, 6.07) is 7.69. The van der Waals surface area contributed by atoms with Gasteiger partial charge in [-0.1, -0.05) is 11.6 Å². The quantitative estimate of drug-likeness (QED) is 0.829. The van der Waals surface area contributed by atoms with Crippen LogP contribution in [0.25, 0.3) is 0 Å². The van der Waals surface area contributed by atoms with Crippen molar-refractivity contribution in [3.05, 3.63) is 58.6 Å². The Labute approximate surface area is 113 Å². The van der Waals surface area contributed by atoms with Crippen LogP contribution in [0.15, 0.2) is 36.4 Å². The van der Waals surface area contributed by atoms with Crippen molar-refractivity contribution >= 4 is 28.9 Å². The molecule has 0 aliphatic carbocycles. The van der Waals surface area contributed by atoms with E-state index >= 15 is 0 Å². The highest BCUT2D eigenvalue weighted by atomic mass is 35.5. The third kappa shape index (κ3) is 3.00. The second kappa shape index (κ2) is 5.24. The van der Waals surface area contributed by atoms with Crippen LogP contribution in [0.4, 0.5) is 20.2 Å². The number of carbonyl (C=O) groups excluding carboxylic acids is 1. The zero-order chi connectivity index (χ0) is 14.0. The molecule has 98 valence electrons. The molecule has 0 spiro atoms. The first-order valence-electron chi connectivity index (χ1n) is 5.29. The second-order valence-electron chi connectivity index (χ2n) is 3.81. The predicted octanol–water partition coefficient (Wildman–Crippen LogP) is 3.45. The number of halogens is 3. The molecule has 2 rings (SSSR count). The highest BCUT2D eigenvalue weighted by Crippen LogP contribution is 2.21. The van der Waals surface area contributed by atoms with E-state index in [1.165, 1.54) is 24.3 Å². The van der Waals surface area contributed by atoms with Crippen molar-refractivity contribution in [3.63, 3.8) is 0 Å². The molecular weight excluding hydrogens is 274 g/mol. The third-order valence-electron chi connectivity index (χ3n) is 2.44. The lowest BCUT2D eigenvalue weighted by atomic mass is 10.2. The van der Waals surface area contributed by atoms with Gasteiger partial charge in [-0.25, -0.2) is 8.78 Å². The molecule has 0 heterocycles.